The topological polar surface area (TPSA) is 48.3 Å². The Morgan fingerprint density at radius 3 is 1.98 bits per heavy atom. The van der Waals surface area contributed by atoms with Crippen molar-refractivity contribution in [2.24, 2.45) is 0 Å². The molecule has 0 saturated heterocycles. The Morgan fingerprint density at radius 2 is 1.13 bits per heavy atom. The lowest BCUT2D eigenvalue weighted by Crippen LogP contribution is -1.96. The third-order valence-corrected chi connectivity index (χ3v) is 11.6. The van der Waals surface area contributed by atoms with Gasteiger partial charge < -0.3 is 13.4 Å². The van der Waals surface area contributed by atoms with Gasteiger partial charge in [0.05, 0.1) is 27.6 Å². The van der Waals surface area contributed by atoms with Gasteiger partial charge in [-0.2, -0.15) is 0 Å². The summed E-state index contributed by atoms with van der Waals surface area (Å²) in [7, 11) is 0. The highest BCUT2D eigenvalue weighted by atomic mass is 16.3. The molecule has 0 saturated carbocycles. The summed E-state index contributed by atoms with van der Waals surface area (Å²) in [6, 6.07) is 60.5. The smallest absolute Gasteiger partial charge is 0.180 e. The summed E-state index contributed by atoms with van der Waals surface area (Å²) < 4.78 is 11.4. The van der Waals surface area contributed by atoms with Crippen LogP contribution in [0.25, 0.3) is 121 Å². The molecule has 5 aromatic heterocycles. The Bertz CT molecular complexity index is 3700. The first-order valence-electron chi connectivity index (χ1n) is 18.7. The van der Waals surface area contributed by atoms with Gasteiger partial charge in [-0.05, 0) is 59.3 Å². The number of hydrogen-bond acceptors (Lipinski definition) is 3. The van der Waals surface area contributed by atoms with Crippen LogP contribution in [0, 0.1) is 0 Å². The number of hydrogen-bond donors (Lipinski definition) is 0. The van der Waals surface area contributed by atoms with Gasteiger partial charge in [-0.15, -0.1) is 0 Å². The van der Waals surface area contributed by atoms with E-state index in [2.05, 4.69) is 142 Å². The second-order valence-corrected chi connectivity index (χ2v) is 14.5. The van der Waals surface area contributed by atoms with Gasteiger partial charge in [-0.1, -0.05) is 121 Å². The Hall–Kier alpha value is -7.50. The largest absolute Gasteiger partial charge is 0.452 e. The summed E-state index contributed by atoms with van der Waals surface area (Å²) in [6.45, 7) is 0. The van der Waals surface area contributed by atoms with Gasteiger partial charge in [0.15, 0.2) is 11.4 Å². The lowest BCUT2D eigenvalue weighted by atomic mass is 9.98. The van der Waals surface area contributed by atoms with Crippen LogP contribution in [0.5, 0.6) is 0 Å². The predicted octanol–water partition coefficient (Wildman–Crippen LogP) is 13.1. The first kappa shape index (κ1) is 29.0. The van der Waals surface area contributed by atoms with E-state index in [1.807, 2.05) is 36.4 Å². The normalized spacial score (nSPS) is 12.4. The zero-order valence-electron chi connectivity index (χ0n) is 29.4. The molecule has 13 rings (SSSR count). The van der Waals surface area contributed by atoms with Crippen molar-refractivity contribution in [2.75, 3.05) is 0 Å². The lowest BCUT2D eigenvalue weighted by molar-refractivity contribution is 0.667. The van der Waals surface area contributed by atoms with E-state index in [4.69, 9.17) is 14.4 Å². The Balaban J connectivity index is 1.11. The van der Waals surface area contributed by atoms with Crippen LogP contribution in [-0.4, -0.2) is 18.9 Å². The number of aromatic nitrogens is 4. The molecule has 0 fully saturated rings. The lowest BCUT2D eigenvalue weighted by Gasteiger charge is -2.11. The van der Waals surface area contributed by atoms with Crippen LogP contribution in [0.15, 0.2) is 174 Å². The van der Waals surface area contributed by atoms with Crippen molar-refractivity contribution in [3.63, 3.8) is 0 Å². The van der Waals surface area contributed by atoms with Gasteiger partial charge in [0.1, 0.15) is 16.8 Å². The molecule has 0 aliphatic rings. The van der Waals surface area contributed by atoms with Crippen LogP contribution in [0.4, 0.5) is 0 Å². The summed E-state index contributed by atoms with van der Waals surface area (Å²) in [5.41, 5.74) is 12.2. The molecule has 55 heavy (non-hydrogen) atoms. The van der Waals surface area contributed by atoms with Gasteiger partial charge in [0.25, 0.3) is 0 Å². The molecular weight excluding hydrogens is 673 g/mol. The summed E-state index contributed by atoms with van der Waals surface area (Å²) in [6.07, 6.45) is 0. The molecular formula is C50H28N4O. The summed E-state index contributed by atoms with van der Waals surface area (Å²) in [5, 5.41) is 11.2. The fraction of sp³-hybridized carbons (Fsp3) is 0. The zero-order valence-corrected chi connectivity index (χ0v) is 29.4. The number of para-hydroxylation sites is 3. The molecule has 5 heterocycles. The highest BCUT2D eigenvalue weighted by Gasteiger charge is 2.25. The van der Waals surface area contributed by atoms with Crippen molar-refractivity contribution in [1.82, 2.24) is 18.9 Å². The van der Waals surface area contributed by atoms with Crippen molar-refractivity contribution in [2.45, 2.75) is 0 Å². The van der Waals surface area contributed by atoms with Gasteiger partial charge >= 0.3 is 0 Å². The molecule has 5 heteroatoms. The molecule has 0 aliphatic heterocycles. The van der Waals surface area contributed by atoms with E-state index < -0.39 is 0 Å². The van der Waals surface area contributed by atoms with Crippen molar-refractivity contribution in [3.05, 3.63) is 170 Å². The van der Waals surface area contributed by atoms with Crippen molar-refractivity contribution in [1.29, 1.82) is 0 Å². The molecule has 0 atom stereocenters. The van der Waals surface area contributed by atoms with Crippen LogP contribution in [0.2, 0.25) is 0 Å². The highest BCUT2D eigenvalue weighted by molar-refractivity contribution is 6.38. The number of benzene rings is 8. The number of fused-ring (bicyclic) bond motifs is 15. The SMILES string of the molecule is c1ccc(-c2nc(-c3ccc(-n4c5ccccc5c5c6c7c8ccccc8ccc7n7c8ccccc8c(cc54)c67)cc3)c3oc4ccccc4c3n2)cc1. The molecule has 0 unspecified atom stereocenters. The standard InChI is InChI=1S/C50H28N4O/c1-2-13-31(14-3-1)50-51-46(49-47(52-50)36-18-8-11-21-42(36)55-49)30-22-25-32(26-23-30)53-39-20-10-7-17-35(39)44-41(53)28-37-34-16-6-9-19-38(34)54-40-27-24-29-12-4-5-15-33(29)43(40)45(44)48(37)54/h1-28H. The first-order valence-corrected chi connectivity index (χ1v) is 18.7. The van der Waals surface area contributed by atoms with Crippen molar-refractivity contribution >= 4 is 92.7 Å². The van der Waals surface area contributed by atoms with E-state index in [1.165, 1.54) is 70.7 Å². The fourth-order valence-corrected chi connectivity index (χ4v) is 9.32. The molecule has 0 amide bonds. The average molecular weight is 701 g/mol. The van der Waals surface area contributed by atoms with Gasteiger partial charge in [-0.25, -0.2) is 9.97 Å². The first-order chi connectivity index (χ1) is 27.3. The minimum absolute atomic E-state index is 0.676. The molecule has 5 nitrogen and oxygen atoms in total. The molecule has 0 N–H and O–H groups in total. The second kappa shape index (κ2) is 10.6. The van der Waals surface area contributed by atoms with Crippen molar-refractivity contribution in [3.8, 4) is 28.3 Å². The highest BCUT2D eigenvalue weighted by Crippen LogP contribution is 2.48. The van der Waals surface area contributed by atoms with Crippen LogP contribution in [-0.2, 0) is 0 Å². The maximum Gasteiger partial charge on any atom is 0.180 e. The van der Waals surface area contributed by atoms with Crippen molar-refractivity contribution < 1.29 is 4.42 Å². The molecule has 0 radical (unpaired) electrons. The van der Waals surface area contributed by atoms with E-state index in [0.717, 1.165) is 39.0 Å². The number of furan rings is 1. The quantitative estimate of drug-likeness (QED) is 0.184. The third-order valence-electron chi connectivity index (χ3n) is 11.6. The van der Waals surface area contributed by atoms with E-state index in [-0.39, 0.29) is 0 Å². The van der Waals surface area contributed by atoms with E-state index in [0.29, 0.717) is 11.4 Å². The van der Waals surface area contributed by atoms with E-state index in [1.54, 1.807) is 0 Å². The summed E-state index contributed by atoms with van der Waals surface area (Å²) >= 11 is 0. The Kier molecular flexibility index (Phi) is 5.57. The molecule has 13 aromatic rings. The zero-order chi connectivity index (χ0) is 35.8. The van der Waals surface area contributed by atoms with Gasteiger partial charge in [0, 0.05) is 54.5 Å². The van der Waals surface area contributed by atoms with E-state index in [9.17, 15) is 0 Å². The van der Waals surface area contributed by atoms with E-state index >= 15 is 0 Å². The minimum atomic E-state index is 0.676. The fourth-order valence-electron chi connectivity index (χ4n) is 9.32. The summed E-state index contributed by atoms with van der Waals surface area (Å²) in [5.74, 6) is 0.676. The Labute approximate surface area is 313 Å². The second-order valence-electron chi connectivity index (χ2n) is 14.5. The molecule has 254 valence electrons. The Morgan fingerprint density at radius 1 is 0.436 bits per heavy atom. The molecule has 8 aromatic carbocycles. The van der Waals surface area contributed by atoms with Crippen LogP contribution >= 0.6 is 0 Å². The monoisotopic (exact) mass is 700 g/mol. The summed E-state index contributed by atoms with van der Waals surface area (Å²) in [4.78, 5) is 10.2. The predicted molar refractivity (Wildman–Crippen MR) is 227 cm³/mol. The third kappa shape index (κ3) is 3.81. The number of rotatable bonds is 3. The van der Waals surface area contributed by atoms with Crippen LogP contribution in [0.1, 0.15) is 0 Å². The number of nitrogens with zero attached hydrogens (tertiary/aromatic N) is 4. The van der Waals surface area contributed by atoms with Crippen LogP contribution in [0.3, 0.4) is 0 Å². The average Bonchev–Trinajstić information content (AvgIpc) is 3.99. The minimum Gasteiger partial charge on any atom is -0.452 e. The molecule has 0 spiro atoms. The maximum atomic E-state index is 6.47. The molecule has 0 aliphatic carbocycles. The van der Waals surface area contributed by atoms with Gasteiger partial charge in [-0.3, -0.25) is 0 Å². The molecule has 0 bridgehead atoms. The van der Waals surface area contributed by atoms with Crippen LogP contribution < -0.4 is 0 Å². The maximum absolute atomic E-state index is 6.47. The van der Waals surface area contributed by atoms with Gasteiger partial charge in [0.2, 0.25) is 0 Å².